The van der Waals surface area contributed by atoms with Crippen molar-refractivity contribution in [1.82, 2.24) is 4.98 Å². The van der Waals surface area contributed by atoms with Crippen LogP contribution in [0.25, 0.3) is 5.70 Å². The Labute approximate surface area is 175 Å². The lowest BCUT2D eigenvalue weighted by atomic mass is 10.1. The van der Waals surface area contributed by atoms with E-state index in [9.17, 15) is 18.0 Å². The minimum absolute atomic E-state index is 0.0785. The van der Waals surface area contributed by atoms with E-state index in [0.29, 0.717) is 0 Å². The third kappa shape index (κ3) is 4.70. The lowest BCUT2D eigenvalue weighted by Crippen LogP contribution is -2.34. The van der Waals surface area contributed by atoms with Crippen molar-refractivity contribution in [2.24, 2.45) is 22.3 Å². The summed E-state index contributed by atoms with van der Waals surface area (Å²) in [7, 11) is 0. The molecule has 0 atom stereocenters. The minimum Gasteiger partial charge on any atom is -0.392 e. The number of hydrogen-bond acceptors (Lipinski definition) is 5. The number of carbonyl (C=O) groups excluding carboxylic acids is 1. The van der Waals surface area contributed by atoms with Crippen molar-refractivity contribution in [2.75, 3.05) is 5.01 Å². The Hall–Kier alpha value is -4.18. The first kappa shape index (κ1) is 21.5. The molecule has 0 saturated carbocycles. The van der Waals surface area contributed by atoms with E-state index in [1.807, 2.05) is 0 Å². The van der Waals surface area contributed by atoms with Crippen LogP contribution in [-0.2, 0) is 4.79 Å². The van der Waals surface area contributed by atoms with Gasteiger partial charge >= 0.3 is 0 Å². The third-order valence-electron chi connectivity index (χ3n) is 4.20. The molecule has 6 N–H and O–H groups in total. The second-order valence-electron chi connectivity index (χ2n) is 6.25. The molecule has 0 aliphatic heterocycles. The predicted octanol–water partition coefficient (Wildman–Crippen LogP) is 2.44. The fraction of sp³-hybridized carbons (Fsp3) is 0. The topological polar surface area (TPSA) is 124 Å². The van der Waals surface area contributed by atoms with E-state index in [4.69, 9.17) is 17.3 Å². The van der Waals surface area contributed by atoms with E-state index in [2.05, 4.69) is 9.98 Å². The molecule has 0 spiro atoms. The van der Waals surface area contributed by atoms with Gasteiger partial charge in [0.25, 0.3) is 5.91 Å². The van der Waals surface area contributed by atoms with Crippen LogP contribution < -0.4 is 22.3 Å². The van der Waals surface area contributed by atoms with E-state index in [-0.39, 0.29) is 16.9 Å². The number of pyridine rings is 1. The van der Waals surface area contributed by atoms with Crippen LogP contribution in [0.15, 0.2) is 77.7 Å². The van der Waals surface area contributed by atoms with Crippen LogP contribution in [0.3, 0.4) is 0 Å². The van der Waals surface area contributed by atoms with Crippen LogP contribution in [0.5, 0.6) is 0 Å². The second-order valence-corrected chi connectivity index (χ2v) is 6.25. The summed E-state index contributed by atoms with van der Waals surface area (Å²) in [6.07, 6.45) is 2.83. The molecule has 1 amide bonds. The molecule has 0 radical (unpaired) electrons. The Kier molecular flexibility index (Phi) is 6.32. The van der Waals surface area contributed by atoms with Gasteiger partial charge in [-0.3, -0.25) is 14.8 Å². The van der Waals surface area contributed by atoms with E-state index in [1.165, 1.54) is 30.6 Å². The average Bonchev–Trinajstić information content (AvgIpc) is 2.76. The predicted molar refractivity (Wildman–Crippen MR) is 111 cm³/mol. The molecule has 31 heavy (non-hydrogen) atoms. The summed E-state index contributed by atoms with van der Waals surface area (Å²) in [5, 5.41) is 0.869. The van der Waals surface area contributed by atoms with Gasteiger partial charge in [0.1, 0.15) is 29.0 Å². The van der Waals surface area contributed by atoms with Crippen LogP contribution in [-0.4, -0.2) is 16.7 Å². The monoisotopic (exact) mass is 426 g/mol. The Morgan fingerprint density at radius 2 is 1.71 bits per heavy atom. The highest BCUT2D eigenvalue weighted by atomic mass is 19.1. The van der Waals surface area contributed by atoms with Gasteiger partial charge in [-0.1, -0.05) is 12.1 Å². The van der Waals surface area contributed by atoms with E-state index in [1.54, 1.807) is 18.2 Å². The maximum atomic E-state index is 14.3. The summed E-state index contributed by atoms with van der Waals surface area (Å²) in [5.74, 6) is 2.08. The molecule has 3 rings (SSSR count). The summed E-state index contributed by atoms with van der Waals surface area (Å²) < 4.78 is 41.6. The normalized spacial score (nSPS) is 12.3. The maximum absolute atomic E-state index is 14.3. The van der Waals surface area contributed by atoms with Gasteiger partial charge in [-0.25, -0.2) is 19.0 Å². The zero-order chi connectivity index (χ0) is 22.5. The van der Waals surface area contributed by atoms with Gasteiger partial charge in [-0.05, 0) is 42.5 Å². The van der Waals surface area contributed by atoms with Crippen molar-refractivity contribution < 1.29 is 18.0 Å². The highest BCUT2D eigenvalue weighted by Gasteiger charge is 2.22. The Morgan fingerprint density at radius 1 is 0.968 bits per heavy atom. The summed E-state index contributed by atoms with van der Waals surface area (Å²) in [4.78, 5) is 20.2. The number of halogens is 3. The number of amidine groups is 1. The smallest absolute Gasteiger partial charge is 0.297 e. The van der Waals surface area contributed by atoms with Gasteiger partial charge in [-0.15, -0.1) is 0 Å². The molecular weight excluding hydrogens is 409 g/mol. The van der Waals surface area contributed by atoms with E-state index < -0.39 is 40.5 Å². The number of benzene rings is 2. The van der Waals surface area contributed by atoms with Crippen LogP contribution in [0.1, 0.15) is 11.1 Å². The number of nitrogens with zero attached hydrogens (tertiary/aromatic N) is 3. The molecule has 7 nitrogen and oxygen atoms in total. The fourth-order valence-electron chi connectivity index (χ4n) is 2.72. The van der Waals surface area contributed by atoms with Gasteiger partial charge in [0, 0.05) is 18.0 Å². The first-order valence-corrected chi connectivity index (χ1v) is 8.83. The highest BCUT2D eigenvalue weighted by Crippen LogP contribution is 2.27. The molecule has 158 valence electrons. The summed E-state index contributed by atoms with van der Waals surface area (Å²) in [6, 6.07) is 11.2. The van der Waals surface area contributed by atoms with Gasteiger partial charge in [0.05, 0.1) is 16.9 Å². The first-order chi connectivity index (χ1) is 14.8. The number of hydrogen-bond donors (Lipinski definition) is 3. The molecule has 1 heterocycles. The Bertz CT molecular complexity index is 1180. The average molecular weight is 426 g/mol. The summed E-state index contributed by atoms with van der Waals surface area (Å²) >= 11 is 0. The molecule has 1 aromatic heterocycles. The number of rotatable bonds is 5. The summed E-state index contributed by atoms with van der Waals surface area (Å²) in [6.45, 7) is 0. The number of anilines is 1. The van der Waals surface area contributed by atoms with Crippen LogP contribution >= 0.6 is 0 Å². The van der Waals surface area contributed by atoms with Crippen LogP contribution in [0.2, 0.25) is 0 Å². The van der Waals surface area contributed by atoms with Crippen LogP contribution in [0.4, 0.5) is 18.9 Å². The number of hydrazine groups is 1. The SMILES string of the molecule is NC(=NC(=O)/C(N)=C(\c1cccnc1)N(N)c1ccccc1F)c1cc(F)ccc1F. The molecule has 3 aromatic rings. The van der Waals surface area contributed by atoms with Gasteiger partial charge < -0.3 is 11.5 Å². The van der Waals surface area contributed by atoms with E-state index in [0.717, 1.165) is 23.2 Å². The fourth-order valence-corrected chi connectivity index (χ4v) is 2.72. The van der Waals surface area contributed by atoms with Crippen molar-refractivity contribution in [3.8, 4) is 0 Å². The standard InChI is InChI=1S/C21H17F3N6O/c22-13-7-8-15(23)14(10-13)20(26)29-21(31)18(25)19(12-4-3-9-28-11-12)30(27)17-6-2-1-5-16(17)24/h1-11H,25,27H2,(H2,26,29,31)/b19-18-. The molecule has 0 unspecified atom stereocenters. The lowest BCUT2D eigenvalue weighted by molar-refractivity contribution is -0.114. The third-order valence-corrected chi connectivity index (χ3v) is 4.20. The van der Waals surface area contributed by atoms with Crippen molar-refractivity contribution in [3.05, 3.63) is 101 Å². The zero-order valence-corrected chi connectivity index (χ0v) is 16.0. The molecule has 0 aliphatic rings. The van der Waals surface area contributed by atoms with Crippen molar-refractivity contribution in [2.45, 2.75) is 0 Å². The lowest BCUT2D eigenvalue weighted by Gasteiger charge is -2.23. The molecule has 2 aromatic carbocycles. The van der Waals surface area contributed by atoms with Gasteiger partial charge in [0.15, 0.2) is 0 Å². The van der Waals surface area contributed by atoms with E-state index >= 15 is 0 Å². The van der Waals surface area contributed by atoms with Gasteiger partial charge in [0.2, 0.25) is 0 Å². The largest absolute Gasteiger partial charge is 0.392 e. The molecular formula is C21H17F3N6O. The number of para-hydroxylation sites is 1. The Balaban J connectivity index is 2.10. The molecule has 10 heteroatoms. The quantitative estimate of drug-likeness (QED) is 0.189. The molecule has 0 bridgehead atoms. The first-order valence-electron chi connectivity index (χ1n) is 8.83. The number of aliphatic imine (C=N–C) groups is 1. The number of nitrogens with two attached hydrogens (primary N) is 3. The van der Waals surface area contributed by atoms with Gasteiger partial charge in [-0.2, -0.15) is 4.99 Å². The summed E-state index contributed by atoms with van der Waals surface area (Å²) in [5.41, 5.74) is 10.8. The molecule has 0 fully saturated rings. The molecule has 0 saturated heterocycles. The zero-order valence-electron chi connectivity index (χ0n) is 16.0. The Morgan fingerprint density at radius 3 is 2.39 bits per heavy atom. The second kappa shape index (κ2) is 9.09. The minimum atomic E-state index is -1.09. The van der Waals surface area contributed by atoms with Crippen LogP contribution in [0, 0.1) is 17.5 Å². The highest BCUT2D eigenvalue weighted by molar-refractivity contribution is 6.11. The number of amides is 1. The number of carbonyl (C=O) groups is 1. The van der Waals surface area contributed by atoms with Crippen molar-refractivity contribution in [3.63, 3.8) is 0 Å². The van der Waals surface area contributed by atoms with Crippen molar-refractivity contribution in [1.29, 1.82) is 0 Å². The molecule has 0 aliphatic carbocycles. The maximum Gasteiger partial charge on any atom is 0.297 e. The van der Waals surface area contributed by atoms with Crippen molar-refractivity contribution >= 4 is 23.1 Å². The number of aromatic nitrogens is 1.